The van der Waals surface area contributed by atoms with Crippen LogP contribution >= 0.6 is 0 Å². The summed E-state index contributed by atoms with van der Waals surface area (Å²) in [6.07, 6.45) is 2.52. The number of hydrogen-bond acceptors (Lipinski definition) is 4. The van der Waals surface area contributed by atoms with Crippen LogP contribution in [-0.4, -0.2) is 46.1 Å². The Hall–Kier alpha value is -1.40. The summed E-state index contributed by atoms with van der Waals surface area (Å²) in [6.45, 7) is 1.42. The highest BCUT2D eigenvalue weighted by atomic mass is 32.2. The molecule has 0 saturated carbocycles. The zero-order valence-electron chi connectivity index (χ0n) is 12.2. The number of nitrogens with zero attached hydrogens (tertiary/aromatic N) is 1. The van der Waals surface area contributed by atoms with E-state index in [1.54, 1.807) is 43.3 Å². The monoisotopic (exact) mass is 298 g/mol. The second-order valence-corrected chi connectivity index (χ2v) is 7.00. The van der Waals surface area contributed by atoms with Gasteiger partial charge in [0.15, 0.2) is 9.84 Å². The number of rotatable bonds is 7. The van der Waals surface area contributed by atoms with E-state index in [1.807, 2.05) is 0 Å². The van der Waals surface area contributed by atoms with Crippen molar-refractivity contribution in [2.75, 3.05) is 26.9 Å². The minimum absolute atomic E-state index is 0.129. The summed E-state index contributed by atoms with van der Waals surface area (Å²) in [5, 5.41) is 3.23. The van der Waals surface area contributed by atoms with Crippen molar-refractivity contribution in [2.45, 2.75) is 24.3 Å². The van der Waals surface area contributed by atoms with E-state index < -0.39 is 9.84 Å². The van der Waals surface area contributed by atoms with Gasteiger partial charge in [0.1, 0.15) is 0 Å². The molecule has 0 saturated heterocycles. The lowest BCUT2D eigenvalue weighted by molar-refractivity contribution is -0.128. The van der Waals surface area contributed by atoms with Gasteiger partial charge in [0.05, 0.1) is 4.90 Å². The Balaban J connectivity index is 2.31. The van der Waals surface area contributed by atoms with Crippen LogP contribution in [0.25, 0.3) is 0 Å². The first-order valence-corrected chi connectivity index (χ1v) is 8.39. The van der Waals surface area contributed by atoms with E-state index in [9.17, 15) is 13.2 Å². The molecule has 5 nitrogen and oxygen atoms in total. The molecule has 0 aromatic heterocycles. The van der Waals surface area contributed by atoms with Gasteiger partial charge < -0.3 is 10.2 Å². The molecule has 0 atom stereocenters. The highest BCUT2D eigenvalue weighted by molar-refractivity contribution is 7.90. The van der Waals surface area contributed by atoms with Crippen LogP contribution in [-0.2, 0) is 21.2 Å². The number of amides is 1. The maximum Gasteiger partial charge on any atom is 0.222 e. The number of carbonyl (C=O) groups excluding carboxylic acids is 1. The van der Waals surface area contributed by atoms with Crippen LogP contribution in [0.5, 0.6) is 0 Å². The molecule has 1 aromatic carbocycles. The molecule has 1 N–H and O–H groups in total. The molecule has 0 heterocycles. The van der Waals surface area contributed by atoms with E-state index in [0.29, 0.717) is 17.9 Å². The molecule has 112 valence electrons. The highest BCUT2D eigenvalue weighted by Crippen LogP contribution is 2.10. The fraction of sp³-hybridized carbons (Fsp3) is 0.500. The first kappa shape index (κ1) is 16.7. The summed E-state index contributed by atoms with van der Waals surface area (Å²) in [5.41, 5.74) is 1.02. The van der Waals surface area contributed by atoms with Crippen molar-refractivity contribution in [1.29, 1.82) is 0 Å². The van der Waals surface area contributed by atoms with Gasteiger partial charge in [0.25, 0.3) is 0 Å². The summed E-state index contributed by atoms with van der Waals surface area (Å²) in [5.74, 6) is 0.129. The minimum atomic E-state index is -3.13. The predicted molar refractivity (Wildman–Crippen MR) is 79.2 cm³/mol. The lowest BCUT2D eigenvalue weighted by Crippen LogP contribution is -2.23. The van der Waals surface area contributed by atoms with Crippen molar-refractivity contribution in [2.24, 2.45) is 0 Å². The summed E-state index contributed by atoms with van der Waals surface area (Å²) >= 11 is 0. The summed E-state index contributed by atoms with van der Waals surface area (Å²) in [7, 11) is 0.369. The summed E-state index contributed by atoms with van der Waals surface area (Å²) < 4.78 is 22.6. The van der Waals surface area contributed by atoms with Crippen molar-refractivity contribution >= 4 is 15.7 Å². The van der Waals surface area contributed by atoms with Crippen molar-refractivity contribution < 1.29 is 13.2 Å². The van der Waals surface area contributed by atoms with E-state index in [0.717, 1.165) is 18.5 Å². The van der Waals surface area contributed by atoms with E-state index in [1.165, 1.54) is 6.26 Å². The van der Waals surface area contributed by atoms with Crippen LogP contribution in [0, 0.1) is 0 Å². The Morgan fingerprint density at radius 2 is 1.80 bits per heavy atom. The third-order valence-corrected chi connectivity index (χ3v) is 4.05. The summed E-state index contributed by atoms with van der Waals surface area (Å²) in [6, 6.07) is 6.83. The predicted octanol–water partition coefficient (Wildman–Crippen LogP) is 1.05. The first-order valence-electron chi connectivity index (χ1n) is 6.50. The Morgan fingerprint density at radius 3 is 2.30 bits per heavy atom. The molecular weight excluding hydrogens is 276 g/mol. The number of sulfone groups is 1. The molecule has 0 bridgehead atoms. The molecule has 0 aliphatic heterocycles. The van der Waals surface area contributed by atoms with Crippen molar-refractivity contribution in [3.63, 3.8) is 0 Å². The average molecular weight is 298 g/mol. The number of carbonyl (C=O) groups is 1. The molecule has 0 aliphatic rings. The lowest BCUT2D eigenvalue weighted by Gasteiger charge is -2.10. The maximum absolute atomic E-state index is 11.3. The topological polar surface area (TPSA) is 66.5 Å². The third-order valence-electron chi connectivity index (χ3n) is 2.92. The second-order valence-electron chi connectivity index (χ2n) is 4.98. The van der Waals surface area contributed by atoms with E-state index in [2.05, 4.69) is 5.32 Å². The van der Waals surface area contributed by atoms with Gasteiger partial charge in [-0.1, -0.05) is 12.1 Å². The average Bonchev–Trinajstić information content (AvgIpc) is 2.37. The van der Waals surface area contributed by atoms with E-state index in [-0.39, 0.29) is 5.91 Å². The molecule has 0 unspecified atom stereocenters. The minimum Gasteiger partial charge on any atom is -0.349 e. The highest BCUT2D eigenvalue weighted by Gasteiger charge is 2.06. The largest absolute Gasteiger partial charge is 0.349 e. The van der Waals surface area contributed by atoms with Gasteiger partial charge in [-0.25, -0.2) is 8.42 Å². The number of benzene rings is 1. The molecule has 0 spiro atoms. The fourth-order valence-corrected chi connectivity index (χ4v) is 2.31. The zero-order chi connectivity index (χ0) is 15.2. The number of nitrogens with one attached hydrogen (secondary N) is 1. The Morgan fingerprint density at radius 1 is 1.20 bits per heavy atom. The molecule has 6 heteroatoms. The molecular formula is C14H22N2O3S. The van der Waals surface area contributed by atoms with Crippen LogP contribution < -0.4 is 5.32 Å². The number of hydrogen-bond donors (Lipinski definition) is 1. The van der Waals surface area contributed by atoms with Gasteiger partial charge in [-0.3, -0.25) is 4.79 Å². The smallest absolute Gasteiger partial charge is 0.222 e. The molecule has 0 fully saturated rings. The SMILES string of the molecule is CN(C)C(=O)CCCNCc1ccc(S(C)(=O)=O)cc1. The zero-order valence-corrected chi connectivity index (χ0v) is 13.0. The summed E-state index contributed by atoms with van der Waals surface area (Å²) in [4.78, 5) is 13.3. The molecule has 1 rings (SSSR count). The maximum atomic E-state index is 11.3. The van der Waals surface area contributed by atoms with Crippen LogP contribution in [0.3, 0.4) is 0 Å². The van der Waals surface area contributed by atoms with Gasteiger partial charge in [-0.2, -0.15) is 0 Å². The van der Waals surface area contributed by atoms with Crippen LogP contribution in [0.15, 0.2) is 29.2 Å². The van der Waals surface area contributed by atoms with Gasteiger partial charge in [-0.15, -0.1) is 0 Å². The van der Waals surface area contributed by atoms with Gasteiger partial charge in [0.2, 0.25) is 5.91 Å². The van der Waals surface area contributed by atoms with Gasteiger partial charge in [-0.05, 0) is 30.7 Å². The normalized spacial score (nSPS) is 11.3. The Labute approximate surface area is 120 Å². The van der Waals surface area contributed by atoms with Crippen LogP contribution in [0.4, 0.5) is 0 Å². The Bertz CT molecular complexity index is 536. The van der Waals surface area contributed by atoms with Crippen molar-refractivity contribution in [3.8, 4) is 0 Å². The Kier molecular flexibility index (Phi) is 6.16. The van der Waals surface area contributed by atoms with E-state index >= 15 is 0 Å². The van der Waals surface area contributed by atoms with Crippen LogP contribution in [0.1, 0.15) is 18.4 Å². The molecule has 20 heavy (non-hydrogen) atoms. The lowest BCUT2D eigenvalue weighted by atomic mass is 10.2. The quantitative estimate of drug-likeness (QED) is 0.764. The molecule has 0 aliphatic carbocycles. The van der Waals surface area contributed by atoms with Gasteiger partial charge >= 0.3 is 0 Å². The first-order chi connectivity index (χ1) is 9.30. The van der Waals surface area contributed by atoms with Crippen LogP contribution in [0.2, 0.25) is 0 Å². The fourth-order valence-electron chi connectivity index (χ4n) is 1.68. The van der Waals surface area contributed by atoms with Crippen molar-refractivity contribution in [1.82, 2.24) is 10.2 Å². The molecule has 0 radical (unpaired) electrons. The van der Waals surface area contributed by atoms with Gasteiger partial charge in [0, 0.05) is 33.3 Å². The van der Waals surface area contributed by atoms with Crippen molar-refractivity contribution in [3.05, 3.63) is 29.8 Å². The standard InChI is InChI=1S/C14H22N2O3S/c1-16(2)14(17)5-4-10-15-11-12-6-8-13(9-7-12)20(3,18)19/h6-9,15H,4-5,10-11H2,1-3H3. The molecule has 1 amide bonds. The van der Waals surface area contributed by atoms with E-state index in [4.69, 9.17) is 0 Å². The molecule has 1 aromatic rings. The third kappa shape index (κ3) is 5.71. The second kappa shape index (κ2) is 7.40.